The lowest BCUT2D eigenvalue weighted by Gasteiger charge is -2.15. The lowest BCUT2D eigenvalue weighted by molar-refractivity contribution is -0.112. The maximum absolute atomic E-state index is 12.3. The van der Waals surface area contributed by atoms with E-state index in [0.29, 0.717) is 17.9 Å². The van der Waals surface area contributed by atoms with Crippen molar-refractivity contribution < 1.29 is 14.3 Å². The van der Waals surface area contributed by atoms with E-state index in [1.807, 2.05) is 11.8 Å². The van der Waals surface area contributed by atoms with E-state index in [0.717, 1.165) is 23.7 Å². The smallest absolute Gasteiger partial charge is 0.257 e. The number of hydrogen-bond acceptors (Lipinski definition) is 6. The zero-order valence-electron chi connectivity index (χ0n) is 11.4. The maximum atomic E-state index is 12.3. The van der Waals surface area contributed by atoms with Crippen LogP contribution in [0.5, 0.6) is 5.88 Å². The van der Waals surface area contributed by atoms with Crippen molar-refractivity contribution in [2.45, 2.75) is 25.0 Å². The van der Waals surface area contributed by atoms with E-state index in [4.69, 9.17) is 4.74 Å². The summed E-state index contributed by atoms with van der Waals surface area (Å²) in [5.74, 6) is 2.84. The molecule has 1 aromatic rings. The predicted molar refractivity (Wildman–Crippen MR) is 83.9 cm³/mol. The number of nitrogens with zero attached hydrogens (tertiary/aromatic N) is 1. The van der Waals surface area contributed by atoms with Gasteiger partial charge in [-0.15, -0.1) is 0 Å². The number of carbonyl (C=O) groups is 2. The van der Waals surface area contributed by atoms with Gasteiger partial charge in [-0.05, 0) is 30.7 Å². The molecule has 2 fully saturated rings. The fourth-order valence-corrected chi connectivity index (χ4v) is 4.31. The van der Waals surface area contributed by atoms with Crippen molar-refractivity contribution in [3.63, 3.8) is 0 Å². The van der Waals surface area contributed by atoms with Gasteiger partial charge < -0.3 is 10.1 Å². The van der Waals surface area contributed by atoms with E-state index < -0.39 is 6.04 Å². The van der Waals surface area contributed by atoms with Crippen molar-refractivity contribution in [3.8, 4) is 5.88 Å². The second-order valence-electron chi connectivity index (χ2n) is 4.94. The number of nitrogens with one attached hydrogen (secondary N) is 1. The van der Waals surface area contributed by atoms with Crippen LogP contribution in [0.4, 0.5) is 0 Å². The number of carbonyl (C=O) groups excluding carboxylic acids is 2. The van der Waals surface area contributed by atoms with Crippen molar-refractivity contribution >= 4 is 34.5 Å². The van der Waals surface area contributed by atoms with Crippen LogP contribution in [0.15, 0.2) is 18.3 Å². The van der Waals surface area contributed by atoms with Gasteiger partial charge in [-0.25, -0.2) is 4.98 Å². The Morgan fingerprint density at radius 2 is 2.29 bits per heavy atom. The molecular weight excluding hydrogens is 308 g/mol. The Hall–Kier alpha value is -1.21. The van der Waals surface area contributed by atoms with E-state index in [-0.39, 0.29) is 17.1 Å². The van der Waals surface area contributed by atoms with Gasteiger partial charge in [0, 0.05) is 17.7 Å². The van der Waals surface area contributed by atoms with Gasteiger partial charge >= 0.3 is 0 Å². The number of hydrogen-bond donors (Lipinski definition) is 1. The highest BCUT2D eigenvalue weighted by Gasteiger charge is 2.28. The third-order valence-corrected chi connectivity index (χ3v) is 5.56. The molecule has 2 aliphatic heterocycles. The molecule has 2 unspecified atom stereocenters. The van der Waals surface area contributed by atoms with Gasteiger partial charge in [-0.1, -0.05) is 11.8 Å². The van der Waals surface area contributed by atoms with E-state index in [9.17, 15) is 9.59 Å². The van der Waals surface area contributed by atoms with E-state index in [1.54, 1.807) is 18.3 Å². The highest BCUT2D eigenvalue weighted by Crippen LogP contribution is 2.25. The van der Waals surface area contributed by atoms with Gasteiger partial charge in [0.2, 0.25) is 11.0 Å². The summed E-state index contributed by atoms with van der Waals surface area (Å²) < 4.78 is 5.84. The molecule has 0 aromatic carbocycles. The standard InChI is InChI=1S/C14H16N2O3S2/c17-12(16-11-4-7-21-14(11)18)10-2-1-5-15-13(10)19-9-3-6-20-8-9/h1-2,5,9,11H,3-4,6-8H2,(H,16,17). The fraction of sp³-hybridized carbons (Fsp3) is 0.500. The van der Waals surface area contributed by atoms with Gasteiger partial charge in [0.05, 0.1) is 6.04 Å². The van der Waals surface area contributed by atoms with Gasteiger partial charge in [-0.3, -0.25) is 9.59 Å². The fourth-order valence-electron chi connectivity index (χ4n) is 2.28. The molecule has 21 heavy (non-hydrogen) atoms. The highest BCUT2D eigenvalue weighted by atomic mass is 32.2. The van der Waals surface area contributed by atoms with Crippen molar-refractivity contribution in [1.82, 2.24) is 10.3 Å². The van der Waals surface area contributed by atoms with Crippen LogP contribution in [-0.4, -0.2) is 45.4 Å². The second kappa shape index (κ2) is 6.70. The van der Waals surface area contributed by atoms with Crippen LogP contribution >= 0.6 is 23.5 Å². The van der Waals surface area contributed by atoms with Crippen LogP contribution in [-0.2, 0) is 4.79 Å². The molecule has 1 N–H and O–H groups in total. The molecule has 112 valence electrons. The molecule has 2 saturated heterocycles. The summed E-state index contributed by atoms with van der Waals surface area (Å²) in [7, 11) is 0. The van der Waals surface area contributed by atoms with Crippen molar-refractivity contribution in [3.05, 3.63) is 23.9 Å². The first-order valence-electron chi connectivity index (χ1n) is 6.91. The molecular formula is C14H16N2O3S2. The molecule has 0 spiro atoms. The topological polar surface area (TPSA) is 68.3 Å². The molecule has 1 amide bonds. The van der Waals surface area contributed by atoms with Crippen molar-refractivity contribution in [1.29, 1.82) is 0 Å². The zero-order chi connectivity index (χ0) is 14.7. The normalized spacial score (nSPS) is 25.0. The average molecular weight is 324 g/mol. The molecule has 3 heterocycles. The molecule has 0 saturated carbocycles. The number of thioether (sulfide) groups is 2. The summed E-state index contributed by atoms with van der Waals surface area (Å²) in [5.41, 5.74) is 0.402. The third kappa shape index (κ3) is 3.52. The molecule has 7 heteroatoms. The minimum atomic E-state index is -0.391. The Balaban J connectivity index is 1.71. The minimum absolute atomic E-state index is 0.0295. The monoisotopic (exact) mass is 324 g/mol. The number of aromatic nitrogens is 1. The quantitative estimate of drug-likeness (QED) is 0.910. The van der Waals surface area contributed by atoms with Crippen LogP contribution in [0.25, 0.3) is 0 Å². The van der Waals surface area contributed by atoms with Gasteiger partial charge in [-0.2, -0.15) is 11.8 Å². The Morgan fingerprint density at radius 1 is 1.38 bits per heavy atom. The summed E-state index contributed by atoms with van der Waals surface area (Å²) in [6.07, 6.45) is 3.38. The molecule has 1 aromatic heterocycles. The van der Waals surface area contributed by atoms with E-state index >= 15 is 0 Å². The summed E-state index contributed by atoms with van der Waals surface area (Å²) >= 11 is 3.11. The molecule has 0 bridgehead atoms. The molecule has 2 aliphatic rings. The molecule has 2 atom stereocenters. The summed E-state index contributed by atoms with van der Waals surface area (Å²) in [5, 5.41) is 2.81. The summed E-state index contributed by atoms with van der Waals surface area (Å²) in [6, 6.07) is 3.00. The zero-order valence-corrected chi connectivity index (χ0v) is 13.0. The molecule has 0 aliphatic carbocycles. The third-order valence-electron chi connectivity index (χ3n) is 3.42. The SMILES string of the molecule is O=C(NC1CCSC1=O)c1cccnc1OC1CCSC1. The van der Waals surface area contributed by atoms with Gasteiger partial charge in [0.25, 0.3) is 5.91 Å². The number of ether oxygens (including phenoxy) is 1. The van der Waals surface area contributed by atoms with E-state index in [2.05, 4.69) is 10.3 Å². The number of amides is 1. The Bertz CT molecular complexity index is 547. The Labute approximate surface area is 131 Å². The highest BCUT2D eigenvalue weighted by molar-refractivity contribution is 8.14. The second-order valence-corrected chi connectivity index (χ2v) is 7.19. The maximum Gasteiger partial charge on any atom is 0.257 e. The predicted octanol–water partition coefficient (Wildman–Crippen LogP) is 1.73. The number of rotatable bonds is 4. The van der Waals surface area contributed by atoms with Gasteiger partial charge in [0.1, 0.15) is 11.7 Å². The first-order chi connectivity index (χ1) is 10.2. The molecule has 5 nitrogen and oxygen atoms in total. The number of pyridine rings is 1. The van der Waals surface area contributed by atoms with Crippen LogP contribution < -0.4 is 10.1 Å². The van der Waals surface area contributed by atoms with Crippen molar-refractivity contribution in [2.75, 3.05) is 17.3 Å². The lowest BCUT2D eigenvalue weighted by atomic mass is 10.2. The van der Waals surface area contributed by atoms with Crippen molar-refractivity contribution in [2.24, 2.45) is 0 Å². The largest absolute Gasteiger partial charge is 0.473 e. The minimum Gasteiger partial charge on any atom is -0.473 e. The van der Waals surface area contributed by atoms with Crippen LogP contribution in [0.1, 0.15) is 23.2 Å². The summed E-state index contributed by atoms with van der Waals surface area (Å²) in [6.45, 7) is 0. The van der Waals surface area contributed by atoms with E-state index in [1.165, 1.54) is 11.8 Å². The first-order valence-corrected chi connectivity index (χ1v) is 9.05. The molecule has 3 rings (SSSR count). The Morgan fingerprint density at radius 3 is 3.00 bits per heavy atom. The average Bonchev–Trinajstić information content (AvgIpc) is 3.12. The van der Waals surface area contributed by atoms with Crippen LogP contribution in [0.3, 0.4) is 0 Å². The molecule has 0 radical (unpaired) electrons. The van der Waals surface area contributed by atoms with Crippen LogP contribution in [0, 0.1) is 0 Å². The van der Waals surface area contributed by atoms with Crippen LogP contribution in [0.2, 0.25) is 0 Å². The first kappa shape index (κ1) is 14.7. The van der Waals surface area contributed by atoms with Gasteiger partial charge in [0.15, 0.2) is 0 Å². The lowest BCUT2D eigenvalue weighted by Crippen LogP contribution is -2.37. The Kier molecular flexibility index (Phi) is 4.70. The summed E-state index contributed by atoms with van der Waals surface area (Å²) in [4.78, 5) is 28.1.